The molecule has 6 nitrogen and oxygen atoms in total. The van der Waals surface area contributed by atoms with E-state index < -0.39 is 0 Å². The van der Waals surface area contributed by atoms with Crippen molar-refractivity contribution in [1.82, 2.24) is 15.1 Å². The third-order valence-corrected chi connectivity index (χ3v) is 7.62. The molecule has 0 radical (unpaired) electrons. The highest BCUT2D eigenvalue weighted by Gasteiger charge is 2.30. The van der Waals surface area contributed by atoms with Crippen molar-refractivity contribution in [1.29, 1.82) is 0 Å². The van der Waals surface area contributed by atoms with Gasteiger partial charge in [0, 0.05) is 12.3 Å². The highest BCUT2D eigenvalue weighted by Crippen LogP contribution is 2.39. The van der Waals surface area contributed by atoms with Crippen molar-refractivity contribution in [2.24, 2.45) is 5.92 Å². The van der Waals surface area contributed by atoms with Crippen molar-refractivity contribution < 1.29 is 14.1 Å². The van der Waals surface area contributed by atoms with Crippen molar-refractivity contribution in [2.45, 2.75) is 96.0 Å². The Labute approximate surface area is 195 Å². The number of nitrogens with one attached hydrogen (secondary N) is 1. The molecule has 2 aromatic heterocycles. The quantitative estimate of drug-likeness (QED) is 0.397. The predicted molar refractivity (Wildman–Crippen MR) is 128 cm³/mol. The minimum Gasteiger partial charge on any atom is -0.488 e. The lowest BCUT2D eigenvalue weighted by Crippen LogP contribution is -2.20. The molecule has 2 saturated carbocycles. The Balaban J connectivity index is 1.46. The number of ether oxygens (including phenoxy) is 1. The summed E-state index contributed by atoms with van der Waals surface area (Å²) in [4.78, 5) is 21.9. The summed E-state index contributed by atoms with van der Waals surface area (Å²) in [7, 11) is 0. The molecule has 33 heavy (non-hydrogen) atoms. The van der Waals surface area contributed by atoms with Crippen molar-refractivity contribution in [3.8, 4) is 5.75 Å². The van der Waals surface area contributed by atoms with Gasteiger partial charge < -0.3 is 14.2 Å². The molecule has 0 saturated heterocycles. The highest BCUT2D eigenvalue weighted by atomic mass is 16.5. The van der Waals surface area contributed by atoms with E-state index in [0.29, 0.717) is 23.6 Å². The molecule has 0 bridgehead atoms. The molecule has 0 amide bonds. The lowest BCUT2D eigenvalue weighted by atomic mass is 9.78. The van der Waals surface area contributed by atoms with Crippen molar-refractivity contribution in [3.63, 3.8) is 0 Å². The standard InChI is InChI=1S/C27H35N3O3/c1-18-22(17-32-30-18)24(31)16-21(19-10-5-3-2-4-6-11-19)27-28-23-14-9-15-25(26(23)29-27)33-20-12-7-8-13-20/h9,14-15,17,19-21H,2-8,10-13,16H2,1H3,(H,28,29). The summed E-state index contributed by atoms with van der Waals surface area (Å²) in [6.45, 7) is 1.83. The van der Waals surface area contributed by atoms with E-state index in [2.05, 4.69) is 16.2 Å². The number of aryl methyl sites for hydroxylation is 1. The van der Waals surface area contributed by atoms with E-state index in [9.17, 15) is 4.79 Å². The number of aromatic nitrogens is 3. The molecule has 2 heterocycles. The third kappa shape index (κ3) is 4.99. The number of para-hydroxylation sites is 1. The van der Waals surface area contributed by atoms with Gasteiger partial charge in [0.25, 0.3) is 0 Å². The maximum Gasteiger partial charge on any atom is 0.168 e. The molecule has 3 aromatic rings. The Morgan fingerprint density at radius 3 is 2.55 bits per heavy atom. The summed E-state index contributed by atoms with van der Waals surface area (Å²) in [6.07, 6.45) is 15.5. The van der Waals surface area contributed by atoms with Gasteiger partial charge >= 0.3 is 0 Å². The Bertz CT molecular complexity index is 1070. The fourth-order valence-corrected chi connectivity index (χ4v) is 5.73. The van der Waals surface area contributed by atoms with E-state index >= 15 is 0 Å². The largest absolute Gasteiger partial charge is 0.488 e. The van der Waals surface area contributed by atoms with Gasteiger partial charge in [-0.1, -0.05) is 43.3 Å². The monoisotopic (exact) mass is 449 g/mol. The predicted octanol–water partition coefficient (Wildman–Crippen LogP) is 6.90. The van der Waals surface area contributed by atoms with Crippen molar-refractivity contribution in [3.05, 3.63) is 41.5 Å². The van der Waals surface area contributed by atoms with Crippen LogP contribution in [0.4, 0.5) is 0 Å². The second kappa shape index (κ2) is 10.1. The number of rotatable bonds is 7. The topological polar surface area (TPSA) is 81.0 Å². The Morgan fingerprint density at radius 1 is 1.09 bits per heavy atom. The number of imidazole rings is 1. The molecule has 1 aromatic carbocycles. The number of nitrogens with zero attached hydrogens (tertiary/aromatic N) is 2. The molecule has 6 heteroatoms. The van der Waals surface area contributed by atoms with Gasteiger partial charge in [0.15, 0.2) is 5.78 Å². The molecule has 2 aliphatic carbocycles. The van der Waals surface area contributed by atoms with Gasteiger partial charge in [-0.25, -0.2) is 4.98 Å². The third-order valence-electron chi connectivity index (χ3n) is 7.62. The van der Waals surface area contributed by atoms with Gasteiger partial charge in [0.05, 0.1) is 22.9 Å². The number of hydrogen-bond acceptors (Lipinski definition) is 5. The summed E-state index contributed by atoms with van der Waals surface area (Å²) in [5.74, 6) is 2.36. The second-order valence-corrected chi connectivity index (χ2v) is 9.95. The fourth-order valence-electron chi connectivity index (χ4n) is 5.73. The van der Waals surface area contributed by atoms with E-state index in [0.717, 1.165) is 48.3 Å². The van der Waals surface area contributed by atoms with Crippen LogP contribution in [0.3, 0.4) is 0 Å². The zero-order valence-electron chi connectivity index (χ0n) is 19.6. The summed E-state index contributed by atoms with van der Waals surface area (Å²) in [6, 6.07) is 6.13. The first-order valence-corrected chi connectivity index (χ1v) is 12.8. The van der Waals surface area contributed by atoms with Gasteiger partial charge in [-0.3, -0.25) is 4.79 Å². The molecule has 2 fully saturated rings. The zero-order valence-corrected chi connectivity index (χ0v) is 19.6. The number of hydrogen-bond donors (Lipinski definition) is 1. The average Bonchev–Trinajstić information content (AvgIpc) is 3.53. The molecular formula is C27H35N3O3. The normalized spacial score (nSPS) is 19.4. The van der Waals surface area contributed by atoms with Gasteiger partial charge in [-0.2, -0.15) is 0 Å². The molecule has 0 spiro atoms. The number of fused-ring (bicyclic) bond motifs is 1. The first kappa shape index (κ1) is 22.2. The minimum absolute atomic E-state index is 0.0524. The number of Topliss-reactive ketones (excluding diaryl/α,β-unsaturated/α-hetero) is 1. The molecule has 0 aliphatic heterocycles. The van der Waals surface area contributed by atoms with Crippen LogP contribution in [0.15, 0.2) is 29.0 Å². The van der Waals surface area contributed by atoms with Crippen LogP contribution >= 0.6 is 0 Å². The van der Waals surface area contributed by atoms with Crippen LogP contribution < -0.4 is 4.74 Å². The second-order valence-electron chi connectivity index (χ2n) is 9.95. The van der Waals surface area contributed by atoms with E-state index in [1.54, 1.807) is 0 Å². The summed E-state index contributed by atoms with van der Waals surface area (Å²) < 4.78 is 11.4. The number of ketones is 1. The van der Waals surface area contributed by atoms with Gasteiger partial charge in [-0.05, 0) is 63.5 Å². The van der Waals surface area contributed by atoms with Crippen molar-refractivity contribution in [2.75, 3.05) is 0 Å². The lowest BCUT2D eigenvalue weighted by molar-refractivity contribution is 0.0956. The maximum absolute atomic E-state index is 13.3. The van der Waals surface area contributed by atoms with Crippen LogP contribution in [0.1, 0.15) is 105 Å². The summed E-state index contributed by atoms with van der Waals surface area (Å²) in [5, 5.41) is 3.92. The SMILES string of the molecule is Cc1nocc1C(=O)CC(c1nc2c(OC3CCCC3)cccc2[nH]1)C1CCCCCCC1. The van der Waals surface area contributed by atoms with Gasteiger partial charge in [0.1, 0.15) is 23.4 Å². The van der Waals surface area contributed by atoms with Gasteiger partial charge in [-0.15, -0.1) is 0 Å². The van der Waals surface area contributed by atoms with Crippen LogP contribution in [0.2, 0.25) is 0 Å². The number of benzene rings is 1. The smallest absolute Gasteiger partial charge is 0.168 e. The minimum atomic E-state index is 0.0524. The number of carbonyl (C=O) groups excluding carboxylic acids is 1. The Morgan fingerprint density at radius 2 is 1.82 bits per heavy atom. The van der Waals surface area contributed by atoms with Crippen LogP contribution in [-0.2, 0) is 0 Å². The number of aromatic amines is 1. The molecule has 1 unspecified atom stereocenters. The highest BCUT2D eigenvalue weighted by molar-refractivity contribution is 5.97. The van der Waals surface area contributed by atoms with Crippen LogP contribution in [0.5, 0.6) is 5.75 Å². The molecule has 5 rings (SSSR count). The van der Waals surface area contributed by atoms with E-state index in [1.165, 1.54) is 51.2 Å². The van der Waals surface area contributed by atoms with Crippen LogP contribution in [0, 0.1) is 12.8 Å². The first-order valence-electron chi connectivity index (χ1n) is 12.8. The maximum atomic E-state index is 13.3. The number of H-pyrrole nitrogens is 1. The molecule has 1 atom stereocenters. The summed E-state index contributed by atoms with van der Waals surface area (Å²) >= 11 is 0. The fraction of sp³-hybridized carbons (Fsp3) is 0.593. The average molecular weight is 450 g/mol. The molecule has 176 valence electrons. The first-order chi connectivity index (χ1) is 16.2. The van der Waals surface area contributed by atoms with Crippen LogP contribution in [-0.4, -0.2) is 27.0 Å². The van der Waals surface area contributed by atoms with E-state index in [-0.39, 0.29) is 17.8 Å². The lowest BCUT2D eigenvalue weighted by Gasteiger charge is -2.27. The van der Waals surface area contributed by atoms with E-state index in [4.69, 9.17) is 14.2 Å². The molecule has 2 aliphatic rings. The summed E-state index contributed by atoms with van der Waals surface area (Å²) in [5.41, 5.74) is 3.13. The van der Waals surface area contributed by atoms with Crippen molar-refractivity contribution >= 4 is 16.8 Å². The van der Waals surface area contributed by atoms with Gasteiger partial charge in [0.2, 0.25) is 0 Å². The number of carbonyl (C=O) groups is 1. The zero-order chi connectivity index (χ0) is 22.6. The Hall–Kier alpha value is -2.63. The van der Waals surface area contributed by atoms with E-state index in [1.807, 2.05) is 19.1 Å². The van der Waals surface area contributed by atoms with Crippen LogP contribution in [0.25, 0.3) is 11.0 Å². The molecular weight excluding hydrogens is 414 g/mol. The Kier molecular flexibility index (Phi) is 6.79. The molecule has 1 N–H and O–H groups in total.